The number of hydrogen-bond acceptors (Lipinski definition) is 9. The van der Waals surface area contributed by atoms with Crippen LogP contribution in [-0.4, -0.2) is 82.4 Å². The number of amides is 2. The molecule has 6 heterocycles. The Morgan fingerprint density at radius 2 is 1.53 bits per heavy atom. The Morgan fingerprint density at radius 3 is 2.28 bits per heavy atom. The summed E-state index contributed by atoms with van der Waals surface area (Å²) in [6.07, 6.45) is 13.1. The van der Waals surface area contributed by atoms with Gasteiger partial charge in [-0.1, -0.05) is 48.5 Å². The highest BCUT2D eigenvalue weighted by Crippen LogP contribution is 2.34. The minimum absolute atomic E-state index is 0.159. The molecule has 4 aliphatic rings. The van der Waals surface area contributed by atoms with Gasteiger partial charge in [0.25, 0.3) is 0 Å². The van der Waals surface area contributed by atoms with Gasteiger partial charge >= 0.3 is 0 Å². The summed E-state index contributed by atoms with van der Waals surface area (Å²) in [5.41, 5.74) is 11.6. The van der Waals surface area contributed by atoms with Crippen LogP contribution in [0.25, 0.3) is 22.0 Å². The van der Waals surface area contributed by atoms with E-state index in [2.05, 4.69) is 104 Å². The fourth-order valence-electron chi connectivity index (χ4n) is 9.48. The average molecular weight is 763 g/mol. The van der Waals surface area contributed by atoms with Crippen molar-refractivity contribution in [2.45, 2.75) is 76.5 Å². The monoisotopic (exact) mass is 762 g/mol. The molecule has 2 amide bonds. The summed E-state index contributed by atoms with van der Waals surface area (Å²) in [5.74, 6) is 1.37. The maximum Gasteiger partial charge on any atom is 0.234 e. The number of benzene rings is 3. The average Bonchev–Trinajstić information content (AvgIpc) is 3.24. The molecule has 0 bridgehead atoms. The third-order valence-corrected chi connectivity index (χ3v) is 13.0. The Labute approximate surface area is 335 Å². The number of piperidine rings is 3. The van der Waals surface area contributed by atoms with E-state index in [1.54, 1.807) is 0 Å². The third kappa shape index (κ3) is 8.58. The molecule has 10 nitrogen and oxygen atoms in total. The highest BCUT2D eigenvalue weighted by molar-refractivity contribution is 6.01. The predicted molar refractivity (Wildman–Crippen MR) is 227 cm³/mol. The number of nitrogens with one attached hydrogen (secondary N) is 3. The summed E-state index contributed by atoms with van der Waals surface area (Å²) in [6.45, 7) is 10.1. The second-order valence-corrected chi connectivity index (χ2v) is 16.7. The van der Waals surface area contributed by atoms with Gasteiger partial charge in [0.2, 0.25) is 17.8 Å². The van der Waals surface area contributed by atoms with Crippen LogP contribution in [0.1, 0.15) is 84.7 Å². The first-order valence-electron chi connectivity index (χ1n) is 21.2. The Kier molecular flexibility index (Phi) is 11.0. The Hall–Kier alpha value is -5.19. The standard InChI is InChI=1S/C47H54N8O2/c1-31-41(30-49-42-3-2-20-48-45(31)42)37-10-11-38-29-50-47(52-43(38)28-37)51-39-12-4-32(5-13-39)27-33-16-21-54(22-17-33)25-26-55-23-18-35(19-24-55)34-6-8-36(9-7-34)40-14-15-44(56)53-46(40)57/h4-13,28-30,33,35,40,48H,2-3,14-27H2,1H3,(H,50,51,52)(H,53,56,57). The number of fused-ring (bicyclic) bond motifs is 2. The number of carbonyl (C=O) groups excluding carboxylic acids is 2. The number of pyridine rings is 1. The summed E-state index contributed by atoms with van der Waals surface area (Å²) in [5, 5.41) is 10.5. The fraction of sp³-hybridized carbons (Fsp3) is 0.426. The van der Waals surface area contributed by atoms with E-state index in [4.69, 9.17) is 9.97 Å². The molecule has 3 aromatic carbocycles. The first-order valence-corrected chi connectivity index (χ1v) is 21.2. The van der Waals surface area contributed by atoms with Crippen molar-refractivity contribution in [3.63, 3.8) is 0 Å². The molecule has 2 aromatic heterocycles. The largest absolute Gasteiger partial charge is 0.383 e. The van der Waals surface area contributed by atoms with E-state index in [-0.39, 0.29) is 17.7 Å². The van der Waals surface area contributed by atoms with Crippen LogP contribution in [0, 0.1) is 12.8 Å². The van der Waals surface area contributed by atoms with Crippen molar-refractivity contribution in [3.05, 3.63) is 107 Å². The SMILES string of the molecule is Cc1c(-c2ccc3cnc(Nc4ccc(CC5CCN(CCN6CCC(c7ccc(C8CCC(=O)NC8=O)cc7)CC6)CC5)cc4)nc3c2)cnc2c1NCCC2. The van der Waals surface area contributed by atoms with E-state index in [1.807, 2.05) is 12.4 Å². The lowest BCUT2D eigenvalue weighted by Gasteiger charge is -2.36. The van der Waals surface area contributed by atoms with Crippen LogP contribution in [0.2, 0.25) is 0 Å². The molecule has 3 fully saturated rings. The fourth-order valence-corrected chi connectivity index (χ4v) is 9.48. The van der Waals surface area contributed by atoms with Gasteiger partial charge in [0.15, 0.2) is 0 Å². The second kappa shape index (κ2) is 16.7. The maximum absolute atomic E-state index is 12.3. The highest BCUT2D eigenvalue weighted by Gasteiger charge is 2.29. The van der Waals surface area contributed by atoms with Gasteiger partial charge in [-0.15, -0.1) is 0 Å². The molecule has 0 radical (unpaired) electrons. The first-order chi connectivity index (χ1) is 27.9. The van der Waals surface area contributed by atoms with Crippen LogP contribution in [-0.2, 0) is 22.4 Å². The molecule has 294 valence electrons. The number of rotatable bonds is 10. The van der Waals surface area contributed by atoms with Gasteiger partial charge in [-0.3, -0.25) is 19.9 Å². The molecular formula is C47H54N8O2. The molecule has 57 heavy (non-hydrogen) atoms. The second-order valence-electron chi connectivity index (χ2n) is 16.7. The molecule has 4 aliphatic heterocycles. The molecule has 1 unspecified atom stereocenters. The van der Waals surface area contributed by atoms with Crippen molar-refractivity contribution in [3.8, 4) is 11.1 Å². The van der Waals surface area contributed by atoms with Crippen LogP contribution in [0.3, 0.4) is 0 Å². The van der Waals surface area contributed by atoms with Crippen molar-refractivity contribution in [1.29, 1.82) is 0 Å². The minimum Gasteiger partial charge on any atom is -0.383 e. The number of anilines is 3. The smallest absolute Gasteiger partial charge is 0.234 e. The van der Waals surface area contributed by atoms with E-state index < -0.39 is 0 Å². The molecular weight excluding hydrogens is 709 g/mol. The molecule has 9 rings (SSSR count). The quantitative estimate of drug-likeness (QED) is 0.123. The van der Waals surface area contributed by atoms with Gasteiger partial charge in [0, 0.05) is 55.1 Å². The molecule has 0 saturated carbocycles. The number of aromatic nitrogens is 3. The lowest BCUT2D eigenvalue weighted by molar-refractivity contribution is -0.134. The summed E-state index contributed by atoms with van der Waals surface area (Å²) in [7, 11) is 0. The van der Waals surface area contributed by atoms with E-state index in [1.165, 1.54) is 66.8 Å². The summed E-state index contributed by atoms with van der Waals surface area (Å²) >= 11 is 0. The molecule has 3 saturated heterocycles. The van der Waals surface area contributed by atoms with E-state index in [0.717, 1.165) is 91.2 Å². The van der Waals surface area contributed by atoms with Crippen molar-refractivity contribution < 1.29 is 9.59 Å². The van der Waals surface area contributed by atoms with Gasteiger partial charge in [-0.2, -0.15) is 0 Å². The van der Waals surface area contributed by atoms with Crippen molar-refractivity contribution in [2.75, 3.05) is 56.4 Å². The number of carbonyl (C=O) groups is 2. The van der Waals surface area contributed by atoms with Gasteiger partial charge in [-0.05, 0) is 142 Å². The normalized spacial score (nSPS) is 19.9. The summed E-state index contributed by atoms with van der Waals surface area (Å²) < 4.78 is 0. The molecule has 0 aliphatic carbocycles. The number of imide groups is 1. The minimum atomic E-state index is -0.210. The number of hydrogen-bond donors (Lipinski definition) is 3. The zero-order chi connectivity index (χ0) is 38.7. The molecule has 5 aromatic rings. The van der Waals surface area contributed by atoms with Crippen LogP contribution >= 0.6 is 0 Å². The van der Waals surface area contributed by atoms with Crippen LogP contribution in [0.15, 0.2) is 79.1 Å². The highest BCUT2D eigenvalue weighted by atomic mass is 16.2. The van der Waals surface area contributed by atoms with Crippen molar-refractivity contribution in [1.82, 2.24) is 30.1 Å². The molecule has 1 atom stereocenters. The van der Waals surface area contributed by atoms with Crippen LogP contribution in [0.5, 0.6) is 0 Å². The number of likely N-dealkylation sites (tertiary alicyclic amines) is 2. The van der Waals surface area contributed by atoms with Crippen molar-refractivity contribution in [2.24, 2.45) is 5.92 Å². The molecule has 3 N–H and O–H groups in total. The summed E-state index contributed by atoms with van der Waals surface area (Å²) in [4.78, 5) is 43.4. The third-order valence-electron chi connectivity index (χ3n) is 13.0. The van der Waals surface area contributed by atoms with Gasteiger partial charge in [-0.25, -0.2) is 9.97 Å². The number of aryl methyl sites for hydroxylation is 1. The number of nitrogens with zero attached hydrogens (tertiary/aromatic N) is 5. The Bertz CT molecular complexity index is 2220. The summed E-state index contributed by atoms with van der Waals surface area (Å²) in [6, 6.07) is 23.8. The van der Waals surface area contributed by atoms with Gasteiger partial charge in [0.05, 0.1) is 22.8 Å². The first kappa shape index (κ1) is 37.4. The zero-order valence-corrected chi connectivity index (χ0v) is 33.1. The predicted octanol–water partition coefficient (Wildman–Crippen LogP) is 7.76. The van der Waals surface area contributed by atoms with E-state index >= 15 is 0 Å². The lowest BCUT2D eigenvalue weighted by atomic mass is 9.86. The van der Waals surface area contributed by atoms with Gasteiger partial charge in [0.1, 0.15) is 0 Å². The van der Waals surface area contributed by atoms with Crippen LogP contribution in [0.4, 0.5) is 17.3 Å². The lowest BCUT2D eigenvalue weighted by Crippen LogP contribution is -2.42. The Morgan fingerprint density at radius 1 is 0.789 bits per heavy atom. The topological polar surface area (TPSA) is 115 Å². The maximum atomic E-state index is 12.3. The Balaban J connectivity index is 0.711. The van der Waals surface area contributed by atoms with E-state index in [0.29, 0.717) is 24.7 Å². The van der Waals surface area contributed by atoms with Gasteiger partial charge < -0.3 is 20.4 Å². The van der Waals surface area contributed by atoms with E-state index in [9.17, 15) is 9.59 Å². The van der Waals surface area contributed by atoms with Crippen molar-refractivity contribution >= 4 is 40.0 Å². The molecule has 10 heteroatoms. The molecule has 0 spiro atoms. The van der Waals surface area contributed by atoms with Crippen LogP contribution < -0.4 is 16.0 Å². The zero-order valence-electron chi connectivity index (χ0n) is 33.1.